The van der Waals surface area contributed by atoms with E-state index >= 15 is 0 Å². The second-order valence-corrected chi connectivity index (χ2v) is 5.33. The van der Waals surface area contributed by atoms with Gasteiger partial charge in [-0.2, -0.15) is 0 Å². The van der Waals surface area contributed by atoms with Crippen molar-refractivity contribution < 1.29 is 9.13 Å². The Labute approximate surface area is 126 Å². The van der Waals surface area contributed by atoms with Crippen molar-refractivity contribution in [3.8, 4) is 11.5 Å². The third-order valence-corrected chi connectivity index (χ3v) is 3.38. The fourth-order valence-corrected chi connectivity index (χ4v) is 2.11. The normalized spacial score (nSPS) is 10.9. The summed E-state index contributed by atoms with van der Waals surface area (Å²) in [4.78, 5) is 0. The Kier molecular flexibility index (Phi) is 5.34. The van der Waals surface area contributed by atoms with Crippen molar-refractivity contribution >= 4 is 0 Å². The van der Waals surface area contributed by atoms with E-state index in [-0.39, 0.29) is 5.82 Å². The van der Waals surface area contributed by atoms with Crippen LogP contribution in [0.15, 0.2) is 42.5 Å². The van der Waals surface area contributed by atoms with E-state index in [0.29, 0.717) is 24.0 Å². The Hall–Kier alpha value is -1.87. The number of para-hydroxylation sites is 1. The van der Waals surface area contributed by atoms with Crippen LogP contribution in [0.4, 0.5) is 4.39 Å². The van der Waals surface area contributed by atoms with Crippen LogP contribution in [0.2, 0.25) is 0 Å². The van der Waals surface area contributed by atoms with Crippen molar-refractivity contribution in [2.24, 2.45) is 0 Å². The molecule has 0 aromatic heterocycles. The van der Waals surface area contributed by atoms with Gasteiger partial charge in [-0.25, -0.2) is 4.39 Å². The lowest BCUT2D eigenvalue weighted by Gasteiger charge is -2.13. The van der Waals surface area contributed by atoms with Gasteiger partial charge in [-0.1, -0.05) is 45.0 Å². The van der Waals surface area contributed by atoms with Crippen molar-refractivity contribution in [1.82, 2.24) is 5.32 Å². The van der Waals surface area contributed by atoms with Crippen LogP contribution >= 0.6 is 0 Å². The Morgan fingerprint density at radius 1 is 1.10 bits per heavy atom. The molecule has 0 saturated carbocycles. The minimum Gasteiger partial charge on any atom is -0.454 e. The molecule has 0 aliphatic rings. The quantitative estimate of drug-likeness (QED) is 0.820. The van der Waals surface area contributed by atoms with Gasteiger partial charge in [-0.05, 0) is 36.2 Å². The maximum absolute atomic E-state index is 14.0. The third-order valence-electron chi connectivity index (χ3n) is 3.38. The van der Waals surface area contributed by atoms with Gasteiger partial charge in [0.2, 0.25) is 0 Å². The van der Waals surface area contributed by atoms with Crippen LogP contribution in [0.5, 0.6) is 11.5 Å². The first-order valence-corrected chi connectivity index (χ1v) is 7.37. The van der Waals surface area contributed by atoms with E-state index < -0.39 is 0 Å². The third kappa shape index (κ3) is 4.05. The summed E-state index contributed by atoms with van der Waals surface area (Å²) in [5.41, 5.74) is 2.06. The van der Waals surface area contributed by atoms with Crippen molar-refractivity contribution in [3.05, 3.63) is 59.4 Å². The summed E-state index contributed by atoms with van der Waals surface area (Å²) in [5, 5.41) is 3.20. The van der Waals surface area contributed by atoms with Gasteiger partial charge >= 0.3 is 0 Å². The zero-order valence-corrected chi connectivity index (χ0v) is 12.8. The molecule has 2 aromatic rings. The molecule has 0 spiro atoms. The van der Waals surface area contributed by atoms with Gasteiger partial charge < -0.3 is 10.1 Å². The summed E-state index contributed by atoms with van der Waals surface area (Å²) < 4.78 is 19.8. The van der Waals surface area contributed by atoms with Crippen molar-refractivity contribution in [1.29, 1.82) is 0 Å². The van der Waals surface area contributed by atoms with Crippen molar-refractivity contribution in [2.45, 2.75) is 33.2 Å². The molecule has 0 radical (unpaired) electrons. The number of ether oxygens (including phenoxy) is 1. The van der Waals surface area contributed by atoms with Gasteiger partial charge in [-0.15, -0.1) is 0 Å². The first-order chi connectivity index (χ1) is 10.1. The lowest BCUT2D eigenvalue weighted by atomic mass is 10.0. The first kappa shape index (κ1) is 15.5. The minimum absolute atomic E-state index is 0.302. The number of nitrogens with one attached hydrogen (secondary N) is 1. The number of benzene rings is 2. The van der Waals surface area contributed by atoms with E-state index in [4.69, 9.17) is 4.74 Å². The lowest BCUT2D eigenvalue weighted by Crippen LogP contribution is -2.12. The highest BCUT2D eigenvalue weighted by molar-refractivity contribution is 5.40. The highest BCUT2D eigenvalue weighted by Crippen LogP contribution is 2.29. The van der Waals surface area contributed by atoms with Gasteiger partial charge in [0.15, 0.2) is 11.6 Å². The number of hydrogen-bond donors (Lipinski definition) is 1. The number of halogens is 1. The Bertz CT molecular complexity index is 578. The van der Waals surface area contributed by atoms with Gasteiger partial charge in [0.05, 0.1) is 0 Å². The Morgan fingerprint density at radius 3 is 2.43 bits per heavy atom. The van der Waals surface area contributed by atoms with E-state index in [9.17, 15) is 4.39 Å². The average molecular weight is 287 g/mol. The highest BCUT2D eigenvalue weighted by Gasteiger charge is 2.11. The summed E-state index contributed by atoms with van der Waals surface area (Å²) in [6.45, 7) is 7.72. The summed E-state index contributed by atoms with van der Waals surface area (Å²) in [7, 11) is 0. The van der Waals surface area contributed by atoms with Gasteiger partial charge in [0.25, 0.3) is 0 Å². The topological polar surface area (TPSA) is 21.3 Å². The Balaban J connectivity index is 2.21. The van der Waals surface area contributed by atoms with Crippen LogP contribution in [-0.2, 0) is 6.54 Å². The van der Waals surface area contributed by atoms with Crippen LogP contribution in [-0.4, -0.2) is 6.54 Å². The Morgan fingerprint density at radius 2 is 1.81 bits per heavy atom. The SMILES string of the molecule is CCNCc1cccc(F)c1Oc1ccc(C(C)C)cc1. The van der Waals surface area contributed by atoms with Gasteiger partial charge in [0, 0.05) is 12.1 Å². The maximum Gasteiger partial charge on any atom is 0.167 e. The zero-order valence-electron chi connectivity index (χ0n) is 12.8. The predicted octanol–water partition coefficient (Wildman–Crippen LogP) is 4.85. The standard InChI is InChI=1S/C18H22FNO/c1-4-20-12-15-6-5-7-17(19)18(15)21-16-10-8-14(9-11-16)13(2)3/h5-11,13,20H,4,12H2,1-3H3. The molecule has 1 N–H and O–H groups in total. The zero-order chi connectivity index (χ0) is 15.2. The lowest BCUT2D eigenvalue weighted by molar-refractivity contribution is 0.433. The van der Waals surface area contributed by atoms with Gasteiger partial charge in [0.1, 0.15) is 5.75 Å². The second-order valence-electron chi connectivity index (χ2n) is 5.33. The molecule has 0 heterocycles. The molecule has 0 amide bonds. The molecule has 0 fully saturated rings. The molecule has 21 heavy (non-hydrogen) atoms. The van der Waals surface area contributed by atoms with Crippen LogP contribution in [0.25, 0.3) is 0 Å². The summed E-state index contributed by atoms with van der Waals surface area (Å²) in [6.07, 6.45) is 0. The first-order valence-electron chi connectivity index (χ1n) is 7.37. The van der Waals surface area contributed by atoms with E-state index in [1.807, 2.05) is 37.3 Å². The number of hydrogen-bond acceptors (Lipinski definition) is 2. The molecular formula is C18H22FNO. The summed E-state index contributed by atoms with van der Waals surface area (Å²) in [5.74, 6) is 1.09. The summed E-state index contributed by atoms with van der Waals surface area (Å²) in [6, 6.07) is 12.8. The average Bonchev–Trinajstić information content (AvgIpc) is 2.48. The highest BCUT2D eigenvalue weighted by atomic mass is 19.1. The minimum atomic E-state index is -0.335. The van der Waals surface area contributed by atoms with E-state index in [1.165, 1.54) is 11.6 Å². The smallest absolute Gasteiger partial charge is 0.167 e. The van der Waals surface area contributed by atoms with E-state index in [0.717, 1.165) is 12.1 Å². The second kappa shape index (κ2) is 7.23. The monoisotopic (exact) mass is 287 g/mol. The molecule has 2 nitrogen and oxygen atoms in total. The maximum atomic E-state index is 14.0. The van der Waals surface area contributed by atoms with Crippen LogP contribution in [0.3, 0.4) is 0 Å². The fourth-order valence-electron chi connectivity index (χ4n) is 2.11. The molecule has 0 aliphatic carbocycles. The molecule has 0 unspecified atom stereocenters. The van der Waals surface area contributed by atoms with Crippen molar-refractivity contribution in [2.75, 3.05) is 6.54 Å². The molecule has 2 aromatic carbocycles. The molecule has 0 atom stereocenters. The molecule has 0 bridgehead atoms. The van der Waals surface area contributed by atoms with Crippen molar-refractivity contribution in [3.63, 3.8) is 0 Å². The number of rotatable bonds is 6. The van der Waals surface area contributed by atoms with E-state index in [2.05, 4.69) is 19.2 Å². The predicted molar refractivity (Wildman–Crippen MR) is 84.4 cm³/mol. The molecule has 0 saturated heterocycles. The largest absolute Gasteiger partial charge is 0.454 e. The molecule has 2 rings (SSSR count). The van der Waals surface area contributed by atoms with Crippen LogP contribution in [0, 0.1) is 5.82 Å². The fraction of sp³-hybridized carbons (Fsp3) is 0.333. The summed E-state index contributed by atoms with van der Waals surface area (Å²) >= 11 is 0. The molecular weight excluding hydrogens is 265 g/mol. The molecule has 3 heteroatoms. The van der Waals surface area contributed by atoms with Crippen LogP contribution in [0.1, 0.15) is 37.8 Å². The van der Waals surface area contributed by atoms with Crippen LogP contribution < -0.4 is 10.1 Å². The van der Waals surface area contributed by atoms with Gasteiger partial charge in [-0.3, -0.25) is 0 Å². The molecule has 0 aliphatic heterocycles. The molecule has 112 valence electrons. The van der Waals surface area contributed by atoms with E-state index in [1.54, 1.807) is 6.07 Å².